The second kappa shape index (κ2) is 8.46. The molecule has 29 heavy (non-hydrogen) atoms. The van der Waals surface area contributed by atoms with Gasteiger partial charge in [-0.25, -0.2) is 12.8 Å². The summed E-state index contributed by atoms with van der Waals surface area (Å²) in [4.78, 5) is 0.182. The maximum Gasteiger partial charge on any atom is 0.247 e. The van der Waals surface area contributed by atoms with Crippen LogP contribution in [0.5, 0.6) is 0 Å². The van der Waals surface area contributed by atoms with Crippen LogP contribution < -0.4 is 0 Å². The fraction of sp³-hybridized carbons (Fsp3) is 0.400. The zero-order chi connectivity index (χ0) is 21.2. The summed E-state index contributed by atoms with van der Waals surface area (Å²) < 4.78 is 45.2. The van der Waals surface area contributed by atoms with Crippen molar-refractivity contribution in [2.45, 2.75) is 58.8 Å². The normalized spacial score (nSPS) is 12.1. The van der Waals surface area contributed by atoms with Gasteiger partial charge < -0.3 is 0 Å². The fourth-order valence-corrected chi connectivity index (χ4v) is 4.79. The molecular formula is C20H26FN5O2S. The van der Waals surface area contributed by atoms with E-state index < -0.39 is 10.0 Å². The molecule has 0 amide bonds. The van der Waals surface area contributed by atoms with Crippen molar-refractivity contribution < 1.29 is 12.8 Å². The number of aryl methyl sites for hydroxylation is 3. The first kappa shape index (κ1) is 21.2. The highest BCUT2D eigenvalue weighted by Crippen LogP contribution is 2.24. The lowest BCUT2D eigenvalue weighted by atomic mass is 10.2. The molecule has 0 spiro atoms. The Morgan fingerprint density at radius 2 is 1.76 bits per heavy atom. The second-order valence-electron chi connectivity index (χ2n) is 6.91. The maximum absolute atomic E-state index is 13.5. The van der Waals surface area contributed by atoms with Crippen molar-refractivity contribution in [1.82, 2.24) is 23.9 Å². The highest BCUT2D eigenvalue weighted by atomic mass is 32.2. The minimum atomic E-state index is -3.82. The molecule has 0 saturated carbocycles. The maximum atomic E-state index is 13.5. The highest BCUT2D eigenvalue weighted by Gasteiger charge is 2.29. The number of hydrogen-bond acceptors (Lipinski definition) is 4. The molecular weight excluding hydrogens is 393 g/mol. The number of halogens is 1. The predicted octanol–water partition coefficient (Wildman–Crippen LogP) is 3.27. The van der Waals surface area contributed by atoms with E-state index in [4.69, 9.17) is 0 Å². The molecule has 9 heteroatoms. The van der Waals surface area contributed by atoms with Crippen molar-refractivity contribution in [2.75, 3.05) is 0 Å². The van der Waals surface area contributed by atoms with Gasteiger partial charge in [0, 0.05) is 37.9 Å². The van der Waals surface area contributed by atoms with E-state index >= 15 is 0 Å². The van der Waals surface area contributed by atoms with E-state index in [2.05, 4.69) is 10.2 Å². The Kier molecular flexibility index (Phi) is 6.18. The molecule has 0 N–H and O–H groups in total. The standard InChI is InChI=1S/C20H26FN5O2S/c1-5-24-13-18(15(3)23-24)14-25(12-17-7-9-19(21)10-8-17)29(27,28)20-11-22-26(6-2)16(20)4/h7-11,13H,5-6,12,14H2,1-4H3. The highest BCUT2D eigenvalue weighted by molar-refractivity contribution is 7.89. The number of aromatic nitrogens is 4. The van der Waals surface area contributed by atoms with Crippen LogP contribution in [-0.4, -0.2) is 32.3 Å². The first-order chi connectivity index (χ1) is 13.8. The Hall–Kier alpha value is -2.52. The van der Waals surface area contributed by atoms with Gasteiger partial charge in [-0.15, -0.1) is 0 Å². The molecule has 0 aliphatic rings. The van der Waals surface area contributed by atoms with Gasteiger partial charge in [-0.3, -0.25) is 9.36 Å². The van der Waals surface area contributed by atoms with Gasteiger partial charge >= 0.3 is 0 Å². The van der Waals surface area contributed by atoms with Crippen molar-refractivity contribution >= 4 is 10.0 Å². The average Bonchev–Trinajstić information content (AvgIpc) is 3.25. The minimum absolute atomic E-state index is 0.121. The topological polar surface area (TPSA) is 73.0 Å². The van der Waals surface area contributed by atoms with Gasteiger partial charge in [-0.1, -0.05) is 12.1 Å². The summed E-state index contributed by atoms with van der Waals surface area (Å²) in [5.41, 5.74) is 2.92. The summed E-state index contributed by atoms with van der Waals surface area (Å²) in [6, 6.07) is 5.87. The summed E-state index contributed by atoms with van der Waals surface area (Å²) in [5, 5.41) is 8.61. The third kappa shape index (κ3) is 4.40. The number of sulfonamides is 1. The van der Waals surface area contributed by atoms with E-state index in [1.54, 1.807) is 28.4 Å². The van der Waals surface area contributed by atoms with Crippen molar-refractivity contribution in [3.05, 3.63) is 65.0 Å². The number of rotatable bonds is 8. The molecule has 1 aromatic carbocycles. The Morgan fingerprint density at radius 1 is 1.07 bits per heavy atom. The molecule has 0 atom stereocenters. The molecule has 0 bridgehead atoms. The van der Waals surface area contributed by atoms with E-state index in [0.29, 0.717) is 24.3 Å². The Labute approximate surface area is 170 Å². The predicted molar refractivity (Wildman–Crippen MR) is 108 cm³/mol. The molecule has 0 radical (unpaired) electrons. The summed E-state index contributed by atoms with van der Waals surface area (Å²) >= 11 is 0. The third-order valence-electron chi connectivity index (χ3n) is 4.97. The van der Waals surface area contributed by atoms with Crippen LogP contribution >= 0.6 is 0 Å². The Balaban J connectivity index is 2.01. The van der Waals surface area contributed by atoms with Crippen molar-refractivity contribution in [1.29, 1.82) is 0 Å². The first-order valence-electron chi connectivity index (χ1n) is 9.56. The summed E-state index contributed by atoms with van der Waals surface area (Å²) in [7, 11) is -3.82. The quantitative estimate of drug-likeness (QED) is 0.562. The van der Waals surface area contributed by atoms with Gasteiger partial charge in [0.15, 0.2) is 0 Å². The zero-order valence-corrected chi connectivity index (χ0v) is 17.9. The molecule has 7 nitrogen and oxygen atoms in total. The molecule has 3 aromatic rings. The lowest BCUT2D eigenvalue weighted by Gasteiger charge is -2.22. The van der Waals surface area contributed by atoms with E-state index in [9.17, 15) is 12.8 Å². The lowest BCUT2D eigenvalue weighted by Crippen LogP contribution is -2.30. The van der Waals surface area contributed by atoms with Crippen LogP contribution in [-0.2, 0) is 36.2 Å². The average molecular weight is 420 g/mol. The number of benzene rings is 1. The minimum Gasteiger partial charge on any atom is -0.272 e. The van der Waals surface area contributed by atoms with Gasteiger partial charge in [0.2, 0.25) is 10.0 Å². The van der Waals surface area contributed by atoms with Crippen LogP contribution in [0.4, 0.5) is 4.39 Å². The monoisotopic (exact) mass is 419 g/mol. The van der Waals surface area contributed by atoms with Gasteiger partial charge in [0.05, 0.1) is 17.6 Å². The summed E-state index contributed by atoms with van der Waals surface area (Å²) in [5.74, 6) is -0.358. The van der Waals surface area contributed by atoms with Crippen LogP contribution in [0.25, 0.3) is 0 Å². The van der Waals surface area contributed by atoms with Crippen LogP contribution in [0.15, 0.2) is 41.6 Å². The van der Waals surface area contributed by atoms with Gasteiger partial charge in [-0.05, 0) is 45.4 Å². The van der Waals surface area contributed by atoms with Crippen molar-refractivity contribution in [3.8, 4) is 0 Å². The molecule has 0 aliphatic heterocycles. The van der Waals surface area contributed by atoms with E-state index in [-0.39, 0.29) is 23.8 Å². The van der Waals surface area contributed by atoms with E-state index in [1.165, 1.54) is 22.6 Å². The van der Waals surface area contributed by atoms with Gasteiger partial charge in [0.25, 0.3) is 0 Å². The second-order valence-corrected chi connectivity index (χ2v) is 8.81. The Bertz CT molecular complexity index is 1090. The smallest absolute Gasteiger partial charge is 0.247 e. The largest absolute Gasteiger partial charge is 0.272 e. The Morgan fingerprint density at radius 3 is 2.31 bits per heavy atom. The van der Waals surface area contributed by atoms with Gasteiger partial charge in [-0.2, -0.15) is 14.5 Å². The fourth-order valence-electron chi connectivity index (χ4n) is 3.23. The first-order valence-corrected chi connectivity index (χ1v) is 11.0. The van der Waals surface area contributed by atoms with E-state index in [0.717, 1.165) is 11.3 Å². The molecule has 0 unspecified atom stereocenters. The molecule has 3 rings (SSSR count). The van der Waals surface area contributed by atoms with Crippen LogP contribution in [0.1, 0.15) is 36.4 Å². The number of hydrogen-bond donors (Lipinski definition) is 0. The third-order valence-corrected chi connectivity index (χ3v) is 6.86. The van der Waals surface area contributed by atoms with Crippen LogP contribution in [0, 0.1) is 19.7 Å². The van der Waals surface area contributed by atoms with E-state index in [1.807, 2.05) is 27.0 Å². The molecule has 0 fully saturated rings. The van der Waals surface area contributed by atoms with Gasteiger partial charge in [0.1, 0.15) is 10.7 Å². The molecule has 0 aliphatic carbocycles. The summed E-state index contributed by atoms with van der Waals surface area (Å²) in [6.45, 7) is 9.08. The molecule has 2 heterocycles. The number of nitrogens with zero attached hydrogens (tertiary/aromatic N) is 5. The molecule has 156 valence electrons. The molecule has 2 aromatic heterocycles. The molecule has 0 saturated heterocycles. The zero-order valence-electron chi connectivity index (χ0n) is 17.1. The SMILES string of the molecule is CCn1cc(CN(Cc2ccc(F)cc2)S(=O)(=O)c2cnn(CC)c2C)c(C)n1. The van der Waals surface area contributed by atoms with Crippen LogP contribution in [0.3, 0.4) is 0 Å². The summed E-state index contributed by atoms with van der Waals surface area (Å²) in [6.07, 6.45) is 3.26. The van der Waals surface area contributed by atoms with Crippen molar-refractivity contribution in [3.63, 3.8) is 0 Å². The van der Waals surface area contributed by atoms with Crippen LogP contribution in [0.2, 0.25) is 0 Å². The van der Waals surface area contributed by atoms with Crippen molar-refractivity contribution in [2.24, 2.45) is 0 Å². The lowest BCUT2D eigenvalue weighted by molar-refractivity contribution is 0.399.